The monoisotopic (exact) mass is 258 g/mol. The summed E-state index contributed by atoms with van der Waals surface area (Å²) in [7, 11) is 1.70. The smallest absolute Gasteiger partial charge is 0.122 e. The molecule has 0 aliphatic heterocycles. The van der Waals surface area contributed by atoms with Gasteiger partial charge in [-0.2, -0.15) is 0 Å². The van der Waals surface area contributed by atoms with Crippen LogP contribution in [0.2, 0.25) is 5.02 Å². The molecule has 1 aromatic rings. The van der Waals surface area contributed by atoms with Gasteiger partial charge in [-0.1, -0.05) is 18.5 Å². The first-order chi connectivity index (χ1) is 7.63. The molecule has 88 valence electrons. The number of hydrogen-bond donors (Lipinski definition) is 0. The van der Waals surface area contributed by atoms with Crippen molar-refractivity contribution in [3.8, 4) is 5.75 Å². The van der Waals surface area contributed by atoms with Crippen LogP contribution in [0.25, 0.3) is 0 Å². The quantitative estimate of drug-likeness (QED) is 0.529. The molecule has 0 amide bonds. The summed E-state index contributed by atoms with van der Waals surface area (Å²) >= 11 is 12.7. The van der Waals surface area contributed by atoms with E-state index in [1.807, 2.05) is 12.1 Å². The van der Waals surface area contributed by atoms with Crippen LogP contribution in [0.15, 0.2) is 12.1 Å². The van der Waals surface area contributed by atoms with Crippen LogP contribution in [0.3, 0.4) is 0 Å². The molecule has 1 aromatic carbocycles. The Hall–Kier alpha value is -0.400. The van der Waals surface area contributed by atoms with Gasteiger partial charge >= 0.3 is 0 Å². The lowest BCUT2D eigenvalue weighted by molar-refractivity contribution is 0.408. The standard InChI is InChI=1S/C13H16Cl2O/c1-8-3-4-9-12(16-2)6-5-10(14)13(9)11(15)7-8/h5-6,8,11H,3-4,7H2,1-2H3. The van der Waals surface area contributed by atoms with Gasteiger partial charge in [-0.3, -0.25) is 0 Å². The Kier molecular flexibility index (Phi) is 3.66. The molecular weight excluding hydrogens is 243 g/mol. The number of alkyl halides is 1. The van der Waals surface area contributed by atoms with Gasteiger partial charge in [0.25, 0.3) is 0 Å². The maximum atomic E-state index is 6.44. The van der Waals surface area contributed by atoms with E-state index in [0.717, 1.165) is 35.6 Å². The number of fused-ring (bicyclic) bond motifs is 1. The molecule has 0 fully saturated rings. The van der Waals surface area contributed by atoms with Gasteiger partial charge in [0.2, 0.25) is 0 Å². The Balaban J connectivity index is 2.52. The van der Waals surface area contributed by atoms with Gasteiger partial charge in [-0.15, -0.1) is 11.6 Å². The molecule has 1 aliphatic carbocycles. The predicted molar refractivity (Wildman–Crippen MR) is 68.7 cm³/mol. The van der Waals surface area contributed by atoms with E-state index in [1.54, 1.807) is 7.11 Å². The van der Waals surface area contributed by atoms with E-state index in [1.165, 1.54) is 5.56 Å². The van der Waals surface area contributed by atoms with Gasteiger partial charge in [0.15, 0.2) is 0 Å². The molecule has 2 unspecified atom stereocenters. The Morgan fingerprint density at radius 3 is 2.81 bits per heavy atom. The summed E-state index contributed by atoms with van der Waals surface area (Å²) in [6, 6.07) is 3.81. The van der Waals surface area contributed by atoms with Crippen molar-refractivity contribution in [3.05, 3.63) is 28.3 Å². The molecule has 0 N–H and O–H groups in total. The van der Waals surface area contributed by atoms with Crippen molar-refractivity contribution in [1.82, 2.24) is 0 Å². The third-order valence-electron chi connectivity index (χ3n) is 3.29. The van der Waals surface area contributed by atoms with Gasteiger partial charge in [0, 0.05) is 10.6 Å². The molecular formula is C13H16Cl2O. The maximum Gasteiger partial charge on any atom is 0.122 e. The van der Waals surface area contributed by atoms with E-state index in [-0.39, 0.29) is 5.38 Å². The first-order valence-corrected chi connectivity index (χ1v) is 6.44. The van der Waals surface area contributed by atoms with Gasteiger partial charge in [-0.25, -0.2) is 0 Å². The summed E-state index contributed by atoms with van der Waals surface area (Å²) in [5.74, 6) is 1.55. The minimum absolute atomic E-state index is 0.00935. The zero-order chi connectivity index (χ0) is 11.7. The summed E-state index contributed by atoms with van der Waals surface area (Å²) in [5, 5.41) is 0.778. The first kappa shape index (κ1) is 12.1. The molecule has 1 nitrogen and oxygen atoms in total. The number of benzene rings is 1. The van der Waals surface area contributed by atoms with Crippen molar-refractivity contribution >= 4 is 23.2 Å². The fraction of sp³-hybridized carbons (Fsp3) is 0.538. The average Bonchev–Trinajstić information content (AvgIpc) is 2.39. The van der Waals surface area contributed by atoms with Crippen LogP contribution in [-0.4, -0.2) is 7.11 Å². The van der Waals surface area contributed by atoms with Crippen LogP contribution in [0, 0.1) is 5.92 Å². The van der Waals surface area contributed by atoms with Crippen LogP contribution in [0.4, 0.5) is 0 Å². The fourth-order valence-corrected chi connectivity index (χ4v) is 3.30. The predicted octanol–water partition coefficient (Wildman–Crippen LogP) is 4.60. The largest absolute Gasteiger partial charge is 0.496 e. The number of hydrogen-bond acceptors (Lipinski definition) is 1. The van der Waals surface area contributed by atoms with Gasteiger partial charge in [-0.05, 0) is 42.9 Å². The average molecular weight is 259 g/mol. The minimum atomic E-state index is 0.00935. The molecule has 0 saturated heterocycles. The lowest BCUT2D eigenvalue weighted by atomic mass is 10.0. The molecule has 0 heterocycles. The number of halogens is 2. The lowest BCUT2D eigenvalue weighted by Crippen LogP contribution is -1.99. The van der Waals surface area contributed by atoms with Gasteiger partial charge in [0.05, 0.1) is 12.5 Å². The Labute approximate surface area is 107 Å². The molecule has 0 spiro atoms. The van der Waals surface area contributed by atoms with Crippen molar-refractivity contribution in [2.24, 2.45) is 5.92 Å². The second-order valence-corrected chi connectivity index (χ2v) is 5.42. The van der Waals surface area contributed by atoms with E-state index >= 15 is 0 Å². The van der Waals surface area contributed by atoms with Crippen molar-refractivity contribution in [2.45, 2.75) is 31.6 Å². The third kappa shape index (κ3) is 2.16. The number of ether oxygens (including phenoxy) is 1. The second kappa shape index (κ2) is 4.85. The molecule has 2 rings (SSSR count). The van der Waals surface area contributed by atoms with Crippen LogP contribution < -0.4 is 4.74 Å². The maximum absolute atomic E-state index is 6.44. The minimum Gasteiger partial charge on any atom is -0.496 e. The highest BCUT2D eigenvalue weighted by molar-refractivity contribution is 6.33. The number of methoxy groups -OCH3 is 1. The van der Waals surface area contributed by atoms with Crippen LogP contribution in [-0.2, 0) is 6.42 Å². The van der Waals surface area contributed by atoms with E-state index in [2.05, 4.69) is 6.92 Å². The third-order valence-corrected chi connectivity index (χ3v) is 4.02. The zero-order valence-corrected chi connectivity index (χ0v) is 11.1. The van der Waals surface area contributed by atoms with E-state index in [0.29, 0.717) is 5.92 Å². The normalized spacial score (nSPS) is 24.8. The lowest BCUT2D eigenvalue weighted by Gasteiger charge is -2.16. The van der Waals surface area contributed by atoms with Crippen molar-refractivity contribution in [3.63, 3.8) is 0 Å². The summed E-state index contributed by atoms with van der Waals surface area (Å²) < 4.78 is 5.39. The zero-order valence-electron chi connectivity index (χ0n) is 9.59. The van der Waals surface area contributed by atoms with E-state index < -0.39 is 0 Å². The second-order valence-electron chi connectivity index (χ2n) is 4.49. The Morgan fingerprint density at radius 2 is 2.12 bits per heavy atom. The SMILES string of the molecule is COc1ccc(Cl)c2c1CCC(C)CC2Cl. The molecule has 0 aromatic heterocycles. The summed E-state index contributed by atoms with van der Waals surface area (Å²) in [6.07, 6.45) is 3.14. The number of rotatable bonds is 1. The summed E-state index contributed by atoms with van der Waals surface area (Å²) in [5.41, 5.74) is 2.27. The van der Waals surface area contributed by atoms with E-state index in [4.69, 9.17) is 27.9 Å². The molecule has 0 radical (unpaired) electrons. The highest BCUT2D eigenvalue weighted by atomic mass is 35.5. The Morgan fingerprint density at radius 1 is 1.38 bits per heavy atom. The first-order valence-electron chi connectivity index (χ1n) is 5.62. The molecule has 2 atom stereocenters. The molecule has 0 saturated carbocycles. The summed E-state index contributed by atoms with van der Waals surface area (Å²) in [4.78, 5) is 0. The molecule has 16 heavy (non-hydrogen) atoms. The Bertz CT molecular complexity index is 390. The molecule has 0 bridgehead atoms. The molecule has 3 heteroatoms. The van der Waals surface area contributed by atoms with Gasteiger partial charge < -0.3 is 4.74 Å². The van der Waals surface area contributed by atoms with E-state index in [9.17, 15) is 0 Å². The van der Waals surface area contributed by atoms with Crippen molar-refractivity contribution in [1.29, 1.82) is 0 Å². The highest BCUT2D eigenvalue weighted by Gasteiger charge is 2.25. The van der Waals surface area contributed by atoms with Crippen LogP contribution in [0.1, 0.15) is 36.3 Å². The van der Waals surface area contributed by atoms with Gasteiger partial charge in [0.1, 0.15) is 5.75 Å². The highest BCUT2D eigenvalue weighted by Crippen LogP contribution is 2.43. The topological polar surface area (TPSA) is 9.23 Å². The fourth-order valence-electron chi connectivity index (χ4n) is 2.38. The molecule has 1 aliphatic rings. The summed E-state index contributed by atoms with van der Waals surface area (Å²) in [6.45, 7) is 2.24. The van der Waals surface area contributed by atoms with Crippen LogP contribution >= 0.6 is 23.2 Å². The van der Waals surface area contributed by atoms with Crippen molar-refractivity contribution < 1.29 is 4.74 Å². The van der Waals surface area contributed by atoms with Crippen LogP contribution in [0.5, 0.6) is 5.75 Å². The van der Waals surface area contributed by atoms with Crippen molar-refractivity contribution in [2.75, 3.05) is 7.11 Å².